The zero-order chi connectivity index (χ0) is 10.7. The molecular formula is C10H8ClN3S. The fourth-order valence-electron chi connectivity index (χ4n) is 1.06. The number of rotatable bonds is 2. The molecule has 0 spiro atoms. The number of nitrogens with two attached hydrogens (primary N) is 1. The van der Waals surface area contributed by atoms with Gasteiger partial charge in [-0.05, 0) is 18.2 Å². The highest BCUT2D eigenvalue weighted by molar-refractivity contribution is 7.99. The van der Waals surface area contributed by atoms with E-state index in [9.17, 15) is 0 Å². The van der Waals surface area contributed by atoms with Gasteiger partial charge in [0.15, 0.2) is 0 Å². The first-order valence-electron chi connectivity index (χ1n) is 4.25. The largest absolute Gasteiger partial charge is 0.397 e. The molecule has 0 saturated heterocycles. The zero-order valence-corrected chi connectivity index (χ0v) is 9.29. The number of halogens is 1. The van der Waals surface area contributed by atoms with Gasteiger partial charge >= 0.3 is 0 Å². The quantitative estimate of drug-likeness (QED) is 0.645. The minimum atomic E-state index is 0.564. The standard InChI is InChI=1S/C10H8ClN3S/c11-7-2-1-3-8(10(7)12)15-9-4-5-13-6-14-9/h1-6H,12H2. The summed E-state index contributed by atoms with van der Waals surface area (Å²) in [7, 11) is 0. The van der Waals surface area contributed by atoms with Crippen LogP contribution in [0.3, 0.4) is 0 Å². The maximum absolute atomic E-state index is 5.91. The average molecular weight is 238 g/mol. The van der Waals surface area contributed by atoms with Gasteiger partial charge in [0.2, 0.25) is 0 Å². The molecular weight excluding hydrogens is 230 g/mol. The normalized spacial score (nSPS) is 10.2. The van der Waals surface area contributed by atoms with E-state index in [0.29, 0.717) is 10.7 Å². The number of hydrogen-bond acceptors (Lipinski definition) is 4. The van der Waals surface area contributed by atoms with Crippen LogP contribution in [0.2, 0.25) is 5.02 Å². The predicted molar refractivity (Wildman–Crippen MR) is 62.0 cm³/mol. The van der Waals surface area contributed by atoms with Crippen LogP contribution in [0.25, 0.3) is 0 Å². The molecule has 0 amide bonds. The second-order valence-corrected chi connectivity index (χ2v) is 4.27. The van der Waals surface area contributed by atoms with Crippen molar-refractivity contribution in [2.75, 3.05) is 5.73 Å². The summed E-state index contributed by atoms with van der Waals surface area (Å²) in [4.78, 5) is 8.85. The van der Waals surface area contributed by atoms with E-state index in [4.69, 9.17) is 17.3 Å². The van der Waals surface area contributed by atoms with Gasteiger partial charge in [-0.15, -0.1) is 0 Å². The number of aromatic nitrogens is 2. The lowest BCUT2D eigenvalue weighted by atomic mass is 10.3. The second-order valence-electron chi connectivity index (χ2n) is 2.80. The van der Waals surface area contributed by atoms with E-state index in [1.807, 2.05) is 18.2 Å². The van der Waals surface area contributed by atoms with Gasteiger partial charge in [0.1, 0.15) is 11.4 Å². The van der Waals surface area contributed by atoms with E-state index in [-0.39, 0.29) is 0 Å². The molecule has 2 rings (SSSR count). The molecule has 0 saturated carbocycles. The van der Waals surface area contributed by atoms with Gasteiger partial charge in [-0.2, -0.15) is 0 Å². The Kier molecular flexibility index (Phi) is 3.08. The van der Waals surface area contributed by atoms with Gasteiger partial charge in [0.25, 0.3) is 0 Å². The van der Waals surface area contributed by atoms with E-state index >= 15 is 0 Å². The molecule has 0 aliphatic carbocycles. The third-order valence-electron chi connectivity index (χ3n) is 1.78. The first kappa shape index (κ1) is 10.3. The SMILES string of the molecule is Nc1c(Cl)cccc1Sc1ccncn1. The number of nitrogen functional groups attached to an aromatic ring is 1. The zero-order valence-electron chi connectivity index (χ0n) is 7.72. The summed E-state index contributed by atoms with van der Waals surface area (Å²) in [6.07, 6.45) is 3.19. The Balaban J connectivity index is 2.29. The minimum absolute atomic E-state index is 0.564. The van der Waals surface area contributed by atoms with Crippen LogP contribution >= 0.6 is 23.4 Å². The Morgan fingerprint density at radius 1 is 1.27 bits per heavy atom. The van der Waals surface area contributed by atoms with Gasteiger partial charge in [0, 0.05) is 11.1 Å². The third-order valence-corrected chi connectivity index (χ3v) is 3.14. The van der Waals surface area contributed by atoms with Crippen molar-refractivity contribution in [1.82, 2.24) is 9.97 Å². The van der Waals surface area contributed by atoms with Crippen LogP contribution in [0.1, 0.15) is 0 Å². The van der Waals surface area contributed by atoms with E-state index in [0.717, 1.165) is 9.92 Å². The summed E-state index contributed by atoms with van der Waals surface area (Å²) >= 11 is 7.38. The van der Waals surface area contributed by atoms with Crippen molar-refractivity contribution in [3.63, 3.8) is 0 Å². The molecule has 1 aromatic heterocycles. The molecule has 0 atom stereocenters. The third kappa shape index (κ3) is 2.40. The number of nitrogens with zero attached hydrogens (tertiary/aromatic N) is 2. The molecule has 15 heavy (non-hydrogen) atoms. The summed E-state index contributed by atoms with van der Waals surface area (Å²) in [5.41, 5.74) is 6.42. The summed E-state index contributed by atoms with van der Waals surface area (Å²) in [5.74, 6) is 0. The van der Waals surface area contributed by atoms with Crippen LogP contribution < -0.4 is 5.73 Å². The molecule has 1 heterocycles. The van der Waals surface area contributed by atoms with E-state index in [1.165, 1.54) is 18.1 Å². The second kappa shape index (κ2) is 4.51. The number of para-hydroxylation sites is 1. The molecule has 5 heteroatoms. The van der Waals surface area contributed by atoms with E-state index < -0.39 is 0 Å². The molecule has 2 aromatic rings. The van der Waals surface area contributed by atoms with Gasteiger partial charge in [-0.25, -0.2) is 9.97 Å². The monoisotopic (exact) mass is 237 g/mol. The Hall–Kier alpha value is -1.26. The summed E-state index contributed by atoms with van der Waals surface area (Å²) in [6.45, 7) is 0. The number of benzene rings is 1. The molecule has 0 aliphatic heterocycles. The van der Waals surface area contributed by atoms with Crippen LogP contribution in [0, 0.1) is 0 Å². The van der Waals surface area contributed by atoms with E-state index in [1.54, 1.807) is 12.3 Å². The van der Waals surface area contributed by atoms with Crippen LogP contribution in [0.4, 0.5) is 5.69 Å². The van der Waals surface area contributed by atoms with E-state index in [2.05, 4.69) is 9.97 Å². The van der Waals surface area contributed by atoms with Gasteiger partial charge in [-0.3, -0.25) is 0 Å². The van der Waals surface area contributed by atoms with Crippen molar-refractivity contribution in [1.29, 1.82) is 0 Å². The first-order valence-corrected chi connectivity index (χ1v) is 5.44. The highest BCUT2D eigenvalue weighted by Crippen LogP contribution is 2.34. The Morgan fingerprint density at radius 2 is 2.13 bits per heavy atom. The van der Waals surface area contributed by atoms with Crippen LogP contribution in [-0.2, 0) is 0 Å². The lowest BCUT2D eigenvalue weighted by molar-refractivity contribution is 1.05. The fraction of sp³-hybridized carbons (Fsp3) is 0. The summed E-state index contributed by atoms with van der Waals surface area (Å²) < 4.78 is 0. The van der Waals surface area contributed by atoms with Crippen molar-refractivity contribution in [3.8, 4) is 0 Å². The molecule has 3 nitrogen and oxygen atoms in total. The number of anilines is 1. The van der Waals surface area contributed by atoms with Crippen molar-refractivity contribution >= 4 is 29.1 Å². The fourth-order valence-corrected chi connectivity index (χ4v) is 2.11. The average Bonchev–Trinajstić information content (AvgIpc) is 2.26. The van der Waals surface area contributed by atoms with Gasteiger partial charge < -0.3 is 5.73 Å². The Labute approximate surface area is 96.7 Å². The lowest BCUT2D eigenvalue weighted by Gasteiger charge is -2.05. The molecule has 76 valence electrons. The van der Waals surface area contributed by atoms with Crippen LogP contribution in [0.15, 0.2) is 46.7 Å². The van der Waals surface area contributed by atoms with Crippen molar-refractivity contribution in [2.24, 2.45) is 0 Å². The minimum Gasteiger partial charge on any atom is -0.397 e. The summed E-state index contributed by atoms with van der Waals surface area (Å²) in [5, 5.41) is 1.41. The molecule has 0 radical (unpaired) electrons. The first-order chi connectivity index (χ1) is 7.27. The smallest absolute Gasteiger partial charge is 0.116 e. The summed E-state index contributed by atoms with van der Waals surface area (Å²) in [6, 6.07) is 7.36. The number of hydrogen-bond donors (Lipinski definition) is 1. The van der Waals surface area contributed by atoms with Crippen molar-refractivity contribution in [2.45, 2.75) is 9.92 Å². The molecule has 0 unspecified atom stereocenters. The molecule has 2 N–H and O–H groups in total. The maximum atomic E-state index is 5.91. The van der Waals surface area contributed by atoms with Crippen LogP contribution in [-0.4, -0.2) is 9.97 Å². The molecule has 1 aromatic carbocycles. The Morgan fingerprint density at radius 3 is 2.87 bits per heavy atom. The maximum Gasteiger partial charge on any atom is 0.116 e. The van der Waals surface area contributed by atoms with Gasteiger partial charge in [0.05, 0.1) is 10.7 Å². The van der Waals surface area contributed by atoms with Gasteiger partial charge in [-0.1, -0.05) is 29.4 Å². The lowest BCUT2D eigenvalue weighted by Crippen LogP contribution is -1.90. The molecule has 0 bridgehead atoms. The van der Waals surface area contributed by atoms with Crippen molar-refractivity contribution in [3.05, 3.63) is 41.8 Å². The Bertz CT molecular complexity index is 461. The van der Waals surface area contributed by atoms with Crippen molar-refractivity contribution < 1.29 is 0 Å². The predicted octanol–water partition coefficient (Wildman–Crippen LogP) is 2.86. The topological polar surface area (TPSA) is 51.8 Å². The molecule has 0 fully saturated rings. The highest BCUT2D eigenvalue weighted by Gasteiger charge is 2.05. The van der Waals surface area contributed by atoms with Crippen LogP contribution in [0.5, 0.6) is 0 Å². The highest BCUT2D eigenvalue weighted by atomic mass is 35.5. The molecule has 0 aliphatic rings.